The first-order valence-electron chi connectivity index (χ1n) is 37.0. The maximum absolute atomic E-state index is 12.4. The highest BCUT2D eigenvalue weighted by Gasteiger charge is 2.46. The lowest BCUT2D eigenvalue weighted by Crippen LogP contribution is -2.42. The van der Waals surface area contributed by atoms with Crippen LogP contribution in [0.25, 0.3) is 0 Å². The van der Waals surface area contributed by atoms with Gasteiger partial charge >= 0.3 is 96.6 Å². The van der Waals surface area contributed by atoms with Gasteiger partial charge < -0.3 is 120 Å². The molecular formula is C76H123NO43. The third-order valence-electron chi connectivity index (χ3n) is 17.0. The first-order chi connectivity index (χ1) is 55.6. The number of nitrogens with two attached hydrogens (primary N) is 1. The van der Waals surface area contributed by atoms with E-state index in [4.69, 9.17) is 67.7 Å². The number of aliphatic hydroxyl groups is 2. The van der Waals surface area contributed by atoms with Crippen molar-refractivity contribution in [1.82, 2.24) is 0 Å². The summed E-state index contributed by atoms with van der Waals surface area (Å²) in [6.07, 6.45) is -3.44. The number of ether oxygens (including phenoxy) is 22. The third kappa shape index (κ3) is 43.8. The Balaban J connectivity index is -0.000000730. The topological polar surface area (TPSA) is 594 Å². The lowest BCUT2D eigenvalue weighted by Gasteiger charge is -2.29. The van der Waals surface area contributed by atoms with E-state index in [2.05, 4.69) is 47.4 Å². The minimum absolute atomic E-state index is 0.0231. The Morgan fingerprint density at radius 1 is 0.317 bits per heavy atom. The molecule has 0 amide bonds. The van der Waals surface area contributed by atoms with Crippen LogP contribution in [-0.2, 0) is 167 Å². The number of carbonyl (C=O) groups is 19. The van der Waals surface area contributed by atoms with Gasteiger partial charge in [-0.3, -0.25) is 62.3 Å². The van der Waals surface area contributed by atoms with Gasteiger partial charge in [-0.05, 0) is 109 Å². The maximum atomic E-state index is 12.4. The Labute approximate surface area is 696 Å². The molecule has 690 valence electrons. The molecular weight excluding hydrogens is 1610 g/mol. The van der Waals surface area contributed by atoms with E-state index in [9.17, 15) is 96.2 Å². The van der Waals surface area contributed by atoms with Crippen molar-refractivity contribution < 1.29 is 206 Å². The zero-order valence-electron chi connectivity index (χ0n) is 72.9. The van der Waals surface area contributed by atoms with Crippen LogP contribution in [0.4, 0.5) is 28.8 Å². The van der Waals surface area contributed by atoms with Gasteiger partial charge in [-0.1, -0.05) is 27.7 Å². The van der Waals surface area contributed by atoms with Crippen LogP contribution in [-0.4, -0.2) is 292 Å². The minimum atomic E-state index is -1.74. The van der Waals surface area contributed by atoms with Gasteiger partial charge in [-0.2, -0.15) is 0 Å². The molecule has 120 heavy (non-hydrogen) atoms. The van der Waals surface area contributed by atoms with E-state index < -0.39 is 205 Å². The third-order valence-corrected chi connectivity index (χ3v) is 17.0. The first-order valence-corrected chi connectivity index (χ1v) is 37.0. The molecule has 0 aromatic heterocycles. The van der Waals surface area contributed by atoms with Gasteiger partial charge in [0.15, 0.2) is 0 Å². The molecule has 4 N–H and O–H groups in total. The van der Waals surface area contributed by atoms with Gasteiger partial charge in [0.05, 0.1) is 72.1 Å². The quantitative estimate of drug-likeness (QED) is 0.0526. The molecule has 3 aliphatic rings. The zero-order valence-corrected chi connectivity index (χ0v) is 72.9. The molecule has 44 heteroatoms. The Kier molecular flexibility index (Phi) is 55.3. The van der Waals surface area contributed by atoms with Crippen LogP contribution in [0.15, 0.2) is 0 Å². The molecule has 3 aliphatic heterocycles. The molecule has 44 nitrogen and oxygen atoms in total. The van der Waals surface area contributed by atoms with Gasteiger partial charge in [0.25, 0.3) is 0 Å². The van der Waals surface area contributed by atoms with Gasteiger partial charge in [-0.25, -0.2) is 28.8 Å². The second-order valence-corrected chi connectivity index (χ2v) is 29.4. The Hall–Kier alpha value is -10.8. The van der Waals surface area contributed by atoms with Crippen LogP contribution in [0, 0.1) is 48.7 Å². The maximum Gasteiger partial charge on any atom is 0.508 e. The highest BCUT2D eigenvalue weighted by Crippen LogP contribution is 2.29. The van der Waals surface area contributed by atoms with Crippen molar-refractivity contribution in [3.05, 3.63) is 0 Å². The van der Waals surface area contributed by atoms with Crippen LogP contribution in [0.3, 0.4) is 0 Å². The lowest BCUT2D eigenvalue weighted by atomic mass is 9.88. The molecule has 0 aromatic rings. The van der Waals surface area contributed by atoms with Crippen LogP contribution in [0.5, 0.6) is 0 Å². The molecule has 0 aliphatic carbocycles. The number of esters is 10. The summed E-state index contributed by atoms with van der Waals surface area (Å²) in [5, 5.41) is 18.3. The minimum Gasteiger partial charge on any atom is -0.468 e. The van der Waals surface area contributed by atoms with Crippen LogP contribution in [0.2, 0.25) is 0 Å². The summed E-state index contributed by atoms with van der Waals surface area (Å²) in [6, 6.07) is 0. The zero-order chi connectivity index (χ0) is 93.7. The number of Topliss-reactive ketones (excluding diaryl/α,β-unsaturated/α-hetero) is 3. The van der Waals surface area contributed by atoms with Gasteiger partial charge in [0, 0.05) is 26.2 Å². The molecule has 3 saturated heterocycles. The molecule has 0 saturated carbocycles. The van der Waals surface area contributed by atoms with Gasteiger partial charge in [0.2, 0.25) is 0 Å². The monoisotopic (exact) mass is 1740 g/mol. The number of aliphatic hydroxyl groups excluding tert-OH is 2. The molecule has 0 aromatic carbocycles. The van der Waals surface area contributed by atoms with E-state index in [1.165, 1.54) is 69.4 Å². The number of cyclic esters (lactones) is 6. The van der Waals surface area contributed by atoms with Crippen LogP contribution in [0.1, 0.15) is 156 Å². The van der Waals surface area contributed by atoms with Crippen LogP contribution < -0.4 is 5.73 Å². The van der Waals surface area contributed by atoms with Crippen molar-refractivity contribution in [3.63, 3.8) is 0 Å². The molecule has 0 spiro atoms. The Morgan fingerprint density at radius 2 is 0.475 bits per heavy atom. The summed E-state index contributed by atoms with van der Waals surface area (Å²) in [6.45, 7) is 21.7. The average Bonchev–Trinajstić information content (AvgIpc) is 0.845. The molecule has 6 unspecified atom stereocenters. The number of ketones is 3. The highest BCUT2D eigenvalue weighted by atomic mass is 16.8. The number of rotatable bonds is 37. The largest absolute Gasteiger partial charge is 0.508 e. The van der Waals surface area contributed by atoms with Gasteiger partial charge in [0.1, 0.15) is 156 Å². The van der Waals surface area contributed by atoms with Crippen molar-refractivity contribution in [3.8, 4) is 0 Å². The number of methoxy groups -OCH3 is 6. The molecule has 0 radical (unpaired) electrons. The summed E-state index contributed by atoms with van der Waals surface area (Å²) in [4.78, 5) is 217. The van der Waals surface area contributed by atoms with E-state index >= 15 is 0 Å². The Bertz CT molecular complexity index is 3240. The van der Waals surface area contributed by atoms with E-state index in [1.807, 2.05) is 13.8 Å². The number of hydrogen-bond acceptors (Lipinski definition) is 44. The summed E-state index contributed by atoms with van der Waals surface area (Å²) in [7, 11) is 6.76. The molecule has 3 fully saturated rings. The first kappa shape index (κ1) is 116. The predicted octanol–water partition coefficient (Wildman–Crippen LogP) is 5.28. The fourth-order valence-electron chi connectivity index (χ4n) is 7.87. The summed E-state index contributed by atoms with van der Waals surface area (Å²) in [5.74, 6) is -6.84. The second kappa shape index (κ2) is 57.4. The highest BCUT2D eigenvalue weighted by molar-refractivity contribution is 5.86. The second-order valence-electron chi connectivity index (χ2n) is 29.4. The van der Waals surface area contributed by atoms with Gasteiger partial charge in [-0.15, -0.1) is 0 Å². The Morgan fingerprint density at radius 3 is 0.633 bits per heavy atom. The van der Waals surface area contributed by atoms with E-state index in [-0.39, 0.29) is 89.0 Å². The summed E-state index contributed by atoms with van der Waals surface area (Å²) in [5.41, 5.74) is -5.98. The summed E-state index contributed by atoms with van der Waals surface area (Å²) >= 11 is 0. The molecule has 3 heterocycles. The van der Waals surface area contributed by atoms with E-state index in [1.54, 1.807) is 34.6 Å². The van der Waals surface area contributed by atoms with Crippen LogP contribution >= 0.6 is 0 Å². The van der Waals surface area contributed by atoms with Crippen molar-refractivity contribution in [1.29, 1.82) is 0 Å². The van der Waals surface area contributed by atoms with Crippen molar-refractivity contribution in [2.24, 2.45) is 54.5 Å². The predicted molar refractivity (Wildman–Crippen MR) is 404 cm³/mol. The lowest BCUT2D eigenvalue weighted by molar-refractivity contribution is -0.166. The normalized spacial score (nSPS) is 16.4. The van der Waals surface area contributed by atoms with Crippen molar-refractivity contribution >= 4 is 114 Å². The fourth-order valence-corrected chi connectivity index (χ4v) is 7.87. The fraction of sp³-hybridized carbons (Fsp3) is 0.750. The standard InChI is InChI=1S/C26H40O16.C17H28O10.C10H18O5.3C7H10O4.C2H7N/c1-9-10-18(28)38-12-25(4,20(30)35-7)14-40-23(33)42-16-26(5,21(31)36-8)15-41-22(32)39-13-24(3,19(29)34-6)11-37-17(2)27;1-6-7-12(19)25-10-17(3,14(21)24-5)11-27-15(22)26-9-16(2,8-18)13(20)23-4;1-4-5-8(12)15-7-10(2,6-11)9(13)14-3;3*1-5(8)7(2)3-10-6(9)11-4-7;1-2-3/h9-16H2,1-8H3;18H,6-11H2,1-5H3;11H,4-7H2,1-3H3;3*3-4H2,1-2H3;2-3H2,1H3. The average molecular weight is 1740 g/mol. The van der Waals surface area contributed by atoms with E-state index in [0.717, 1.165) is 49.0 Å². The SMILES string of the molecule is CC(=O)C1(C)COC(=O)OC1.CC(=O)C1(C)COC(=O)OC1.CC(=O)C1(C)COC(=O)OC1.CCCC(=O)OCC(C)(CO)C(=O)OC.CCCC(=O)OCC(C)(COC(=O)OCC(C)(CO)C(=O)OC)C(=O)OC.CCCC(=O)OCC(C)(COC(=O)OCC(C)(COC(=O)OCC(C)(COC(C)=O)C(=O)OC)C(=O)OC)C(=O)OC.CCN. The van der Waals surface area contributed by atoms with Crippen molar-refractivity contribution in [2.45, 2.75) is 156 Å². The summed E-state index contributed by atoms with van der Waals surface area (Å²) < 4.78 is 105. The number of carbonyl (C=O) groups excluding carboxylic acids is 19. The van der Waals surface area contributed by atoms with E-state index in [0.29, 0.717) is 25.7 Å². The molecule has 3 rings (SSSR count). The molecule has 0 bridgehead atoms. The molecule has 6 atom stereocenters. The smallest absolute Gasteiger partial charge is 0.468 e. The number of hydrogen-bond donors (Lipinski definition) is 3. The van der Waals surface area contributed by atoms with Crippen molar-refractivity contribution in [2.75, 3.05) is 168 Å².